The van der Waals surface area contributed by atoms with Gasteiger partial charge < -0.3 is 14.8 Å². The average Bonchev–Trinajstić information content (AvgIpc) is 2.46. The van der Waals surface area contributed by atoms with Gasteiger partial charge in [-0.1, -0.05) is 0 Å². The first-order valence-electron chi connectivity index (χ1n) is 7.81. The number of ether oxygens (including phenoxy) is 2. The molecule has 1 aromatic heterocycles. The van der Waals surface area contributed by atoms with E-state index in [2.05, 4.69) is 10.3 Å². The van der Waals surface area contributed by atoms with E-state index >= 15 is 0 Å². The topological polar surface area (TPSA) is 43.4 Å². The summed E-state index contributed by atoms with van der Waals surface area (Å²) in [6.45, 7) is 7.21. The summed E-state index contributed by atoms with van der Waals surface area (Å²) in [6.07, 6.45) is -5.07. The predicted octanol–water partition coefficient (Wildman–Crippen LogP) is 4.62. The van der Waals surface area contributed by atoms with E-state index in [0.717, 1.165) is 6.07 Å². The monoisotopic (exact) mass is 340 g/mol. The second-order valence-electron chi connectivity index (χ2n) is 6.26. The van der Waals surface area contributed by atoms with Crippen molar-refractivity contribution >= 4 is 16.6 Å². The lowest BCUT2D eigenvalue weighted by atomic mass is 10.0. The zero-order valence-corrected chi connectivity index (χ0v) is 13.9. The summed E-state index contributed by atoms with van der Waals surface area (Å²) in [4.78, 5) is 4.21. The van der Waals surface area contributed by atoms with Crippen LogP contribution in [0.5, 0.6) is 11.6 Å². The molecule has 0 spiro atoms. The smallest absolute Gasteiger partial charge is 0.417 e. The number of halogens is 3. The highest BCUT2D eigenvalue weighted by atomic mass is 19.4. The molecule has 0 unspecified atom stereocenters. The summed E-state index contributed by atoms with van der Waals surface area (Å²) in [7, 11) is 0. The first-order valence-corrected chi connectivity index (χ1v) is 7.81. The zero-order valence-electron chi connectivity index (χ0n) is 13.9. The minimum Gasteiger partial charge on any atom is -0.486 e. The second-order valence-corrected chi connectivity index (χ2v) is 6.26. The molecule has 0 saturated carbocycles. The van der Waals surface area contributed by atoms with Gasteiger partial charge in [0.15, 0.2) is 5.75 Å². The molecule has 1 N–H and O–H groups in total. The highest BCUT2D eigenvalue weighted by Crippen LogP contribution is 2.45. The van der Waals surface area contributed by atoms with Crippen molar-refractivity contribution in [3.8, 4) is 11.6 Å². The van der Waals surface area contributed by atoms with E-state index in [0.29, 0.717) is 5.69 Å². The summed E-state index contributed by atoms with van der Waals surface area (Å²) >= 11 is 0. The van der Waals surface area contributed by atoms with Gasteiger partial charge in [0.05, 0.1) is 34.3 Å². The number of aromatic nitrogens is 1. The molecule has 130 valence electrons. The number of rotatable bonds is 2. The zero-order chi connectivity index (χ0) is 17.6. The van der Waals surface area contributed by atoms with Crippen LogP contribution in [-0.4, -0.2) is 23.2 Å². The molecule has 0 bridgehead atoms. The van der Waals surface area contributed by atoms with Gasteiger partial charge in [0.2, 0.25) is 5.88 Å². The van der Waals surface area contributed by atoms with E-state index < -0.39 is 11.7 Å². The van der Waals surface area contributed by atoms with E-state index in [9.17, 15) is 13.2 Å². The quantitative estimate of drug-likeness (QED) is 0.866. The molecule has 7 heteroatoms. The lowest BCUT2D eigenvalue weighted by Crippen LogP contribution is -2.37. The molecule has 0 radical (unpaired) electrons. The molecule has 0 aliphatic carbocycles. The van der Waals surface area contributed by atoms with E-state index in [4.69, 9.17) is 9.47 Å². The van der Waals surface area contributed by atoms with E-state index in [-0.39, 0.29) is 40.8 Å². The molecule has 0 saturated heterocycles. The van der Waals surface area contributed by atoms with Crippen molar-refractivity contribution in [3.05, 3.63) is 23.8 Å². The molecule has 1 aliphatic heterocycles. The van der Waals surface area contributed by atoms with Gasteiger partial charge in [-0.05, 0) is 39.8 Å². The van der Waals surface area contributed by atoms with Crippen molar-refractivity contribution in [2.24, 2.45) is 0 Å². The van der Waals surface area contributed by atoms with Gasteiger partial charge in [0.1, 0.15) is 6.10 Å². The normalized spacial score (nSPS) is 20.5. The molecule has 3 rings (SSSR count). The molecular weight excluding hydrogens is 321 g/mol. The largest absolute Gasteiger partial charge is 0.486 e. The van der Waals surface area contributed by atoms with Crippen molar-refractivity contribution in [1.82, 2.24) is 4.98 Å². The number of pyridine rings is 1. The van der Waals surface area contributed by atoms with Crippen molar-refractivity contribution < 1.29 is 22.6 Å². The van der Waals surface area contributed by atoms with Crippen LogP contribution < -0.4 is 14.8 Å². The average molecular weight is 340 g/mol. The lowest BCUT2D eigenvalue weighted by Gasteiger charge is -2.32. The van der Waals surface area contributed by atoms with Crippen molar-refractivity contribution in [2.45, 2.75) is 52.1 Å². The van der Waals surface area contributed by atoms with Crippen LogP contribution >= 0.6 is 0 Å². The van der Waals surface area contributed by atoms with Crippen LogP contribution in [0.25, 0.3) is 10.9 Å². The van der Waals surface area contributed by atoms with Crippen LogP contribution in [0.15, 0.2) is 18.2 Å². The molecule has 4 nitrogen and oxygen atoms in total. The first kappa shape index (κ1) is 16.7. The van der Waals surface area contributed by atoms with Gasteiger partial charge >= 0.3 is 6.18 Å². The fraction of sp³-hybridized carbons (Fsp3) is 0.471. The fourth-order valence-corrected chi connectivity index (χ4v) is 2.68. The van der Waals surface area contributed by atoms with Crippen LogP contribution in [0.2, 0.25) is 0 Å². The number of hydrogen-bond donors (Lipinski definition) is 1. The molecule has 1 aromatic carbocycles. The minimum atomic E-state index is -4.54. The van der Waals surface area contributed by atoms with Gasteiger partial charge in [-0.15, -0.1) is 0 Å². The molecule has 2 heterocycles. The fourth-order valence-electron chi connectivity index (χ4n) is 2.68. The summed E-state index contributed by atoms with van der Waals surface area (Å²) in [5, 5.41) is 3.14. The molecule has 1 aliphatic rings. The summed E-state index contributed by atoms with van der Waals surface area (Å²) in [6, 6.07) is 4.18. The van der Waals surface area contributed by atoms with Crippen LogP contribution in [0.4, 0.5) is 18.9 Å². The van der Waals surface area contributed by atoms with E-state index in [1.54, 1.807) is 26.0 Å². The predicted molar refractivity (Wildman–Crippen MR) is 85.7 cm³/mol. The highest BCUT2D eigenvalue weighted by Gasteiger charge is 2.37. The van der Waals surface area contributed by atoms with Gasteiger partial charge in [0.25, 0.3) is 0 Å². The third kappa shape index (κ3) is 2.95. The number of anilines is 1. The Kier molecular flexibility index (Phi) is 3.97. The Hall–Kier alpha value is -2.18. The van der Waals surface area contributed by atoms with Gasteiger partial charge in [-0.3, -0.25) is 0 Å². The first-order chi connectivity index (χ1) is 11.2. The Morgan fingerprint density at radius 2 is 1.96 bits per heavy atom. The second kappa shape index (κ2) is 5.72. The number of nitrogens with zero attached hydrogens (tertiary/aromatic N) is 1. The Balaban J connectivity index is 2.27. The number of nitrogens with one attached hydrogen (secondary N) is 1. The summed E-state index contributed by atoms with van der Waals surface area (Å²) in [5.41, 5.74) is -0.0655. The lowest BCUT2D eigenvalue weighted by molar-refractivity contribution is -0.136. The minimum absolute atomic E-state index is 0.000735. The van der Waals surface area contributed by atoms with Crippen LogP contribution in [-0.2, 0) is 6.18 Å². The molecule has 2 aromatic rings. The SMILES string of the molecule is CC(C)Oc1cc(C(F)(F)F)c2c3c(ccc2n1)N[C@H](C)[C@H](C)O3. The van der Waals surface area contributed by atoms with Gasteiger partial charge in [-0.2, -0.15) is 13.2 Å². The number of hydrogen-bond acceptors (Lipinski definition) is 4. The van der Waals surface area contributed by atoms with Crippen molar-refractivity contribution in [1.29, 1.82) is 0 Å². The Morgan fingerprint density at radius 3 is 2.58 bits per heavy atom. The van der Waals surface area contributed by atoms with E-state index in [1.165, 1.54) is 0 Å². The third-order valence-electron chi connectivity index (χ3n) is 3.96. The maximum Gasteiger partial charge on any atom is 0.417 e. The molecular formula is C17H19F3N2O2. The Bertz CT molecular complexity index is 775. The Labute approximate surface area is 138 Å². The maximum atomic E-state index is 13.6. The third-order valence-corrected chi connectivity index (χ3v) is 3.96. The van der Waals surface area contributed by atoms with Crippen LogP contribution in [0, 0.1) is 0 Å². The maximum absolute atomic E-state index is 13.6. The summed E-state index contributed by atoms with van der Waals surface area (Å²) in [5.74, 6) is 0.143. The molecule has 24 heavy (non-hydrogen) atoms. The van der Waals surface area contributed by atoms with E-state index in [1.807, 2.05) is 13.8 Å². The van der Waals surface area contributed by atoms with Crippen LogP contribution in [0.1, 0.15) is 33.3 Å². The van der Waals surface area contributed by atoms with Crippen molar-refractivity contribution in [2.75, 3.05) is 5.32 Å². The number of fused-ring (bicyclic) bond motifs is 3. The van der Waals surface area contributed by atoms with Gasteiger partial charge in [0, 0.05) is 6.07 Å². The van der Waals surface area contributed by atoms with Crippen molar-refractivity contribution in [3.63, 3.8) is 0 Å². The molecule has 0 fully saturated rings. The molecule has 2 atom stereocenters. The molecule has 0 amide bonds. The summed E-state index contributed by atoms with van der Waals surface area (Å²) < 4.78 is 52.0. The Morgan fingerprint density at radius 1 is 1.25 bits per heavy atom. The highest BCUT2D eigenvalue weighted by molar-refractivity contribution is 5.95. The standard InChI is InChI=1S/C17H19F3N2O2/c1-8(2)23-14-7-11(17(18,19)20)15-12(22-14)5-6-13-16(15)24-10(4)9(3)21-13/h5-10,21H,1-4H3/t9-,10+/m1/s1. The van der Waals surface area contributed by atoms with Crippen LogP contribution in [0.3, 0.4) is 0 Å². The number of alkyl halides is 3. The number of benzene rings is 1. The van der Waals surface area contributed by atoms with Gasteiger partial charge in [-0.25, -0.2) is 4.98 Å².